The molecule has 0 bridgehead atoms. The fourth-order valence-electron chi connectivity index (χ4n) is 5.49. The van der Waals surface area contributed by atoms with Crippen molar-refractivity contribution >= 4 is 17.9 Å². The predicted molar refractivity (Wildman–Crippen MR) is 197 cm³/mol. The van der Waals surface area contributed by atoms with E-state index in [1.165, 1.54) is 0 Å². The van der Waals surface area contributed by atoms with Crippen molar-refractivity contribution in [2.24, 2.45) is 0 Å². The maximum Gasteiger partial charge on any atom is 0.343 e. The first-order valence-corrected chi connectivity index (χ1v) is 16.3. The third kappa shape index (κ3) is 7.99. The second-order valence-electron chi connectivity index (χ2n) is 11.6. The molecule has 0 aliphatic rings. The van der Waals surface area contributed by atoms with Gasteiger partial charge in [-0.2, -0.15) is 0 Å². The molecule has 7 aromatic rings. The van der Waals surface area contributed by atoms with E-state index in [1.807, 2.05) is 54.6 Å². The van der Waals surface area contributed by atoms with Crippen LogP contribution in [0.1, 0.15) is 31.1 Å². The van der Waals surface area contributed by atoms with Gasteiger partial charge in [-0.15, -0.1) is 0 Å². The second kappa shape index (κ2) is 15.0. The summed E-state index contributed by atoms with van der Waals surface area (Å²) in [6.07, 6.45) is 0. The zero-order chi connectivity index (χ0) is 35.0. The van der Waals surface area contributed by atoms with Crippen LogP contribution in [0.25, 0.3) is 33.4 Å². The molecule has 0 N–H and O–H groups in total. The van der Waals surface area contributed by atoms with Gasteiger partial charge in [-0.05, 0) is 124 Å². The van der Waals surface area contributed by atoms with E-state index in [9.17, 15) is 14.4 Å². The van der Waals surface area contributed by atoms with Gasteiger partial charge < -0.3 is 14.2 Å². The summed E-state index contributed by atoms with van der Waals surface area (Å²) in [6.45, 7) is 0. The molecular weight excluding hydrogens is 636 g/mol. The largest absolute Gasteiger partial charge is 0.423 e. The standard InChI is InChI=1S/C45H30O6/c46-43(34-10-4-1-5-11-34)49-40-22-16-31(17-23-40)37-28-38(32-18-24-41(25-19-32)50-44(47)35-12-6-2-7-13-35)30-39(29-37)33-20-26-42(27-21-33)51-45(48)36-14-8-3-9-15-36/h1-30H. The monoisotopic (exact) mass is 666 g/mol. The smallest absolute Gasteiger partial charge is 0.343 e. The lowest BCUT2D eigenvalue weighted by molar-refractivity contribution is 0.0725. The van der Waals surface area contributed by atoms with Crippen LogP contribution in [0.3, 0.4) is 0 Å². The first-order valence-electron chi connectivity index (χ1n) is 16.3. The van der Waals surface area contributed by atoms with Gasteiger partial charge in [-0.25, -0.2) is 14.4 Å². The van der Waals surface area contributed by atoms with Gasteiger partial charge in [-0.3, -0.25) is 0 Å². The van der Waals surface area contributed by atoms with Crippen molar-refractivity contribution in [3.05, 3.63) is 199 Å². The summed E-state index contributed by atoms with van der Waals surface area (Å²) < 4.78 is 16.8. The summed E-state index contributed by atoms with van der Waals surface area (Å²) in [6, 6.07) is 54.9. The number of hydrogen-bond acceptors (Lipinski definition) is 6. The van der Waals surface area contributed by atoms with Crippen LogP contribution in [0.15, 0.2) is 182 Å². The van der Waals surface area contributed by atoms with E-state index in [0.29, 0.717) is 33.9 Å². The average molecular weight is 667 g/mol. The van der Waals surface area contributed by atoms with E-state index < -0.39 is 17.9 Å². The fraction of sp³-hybridized carbons (Fsp3) is 0. The zero-order valence-corrected chi connectivity index (χ0v) is 27.3. The zero-order valence-electron chi connectivity index (χ0n) is 27.3. The number of carbonyl (C=O) groups is 3. The molecule has 0 aliphatic carbocycles. The number of rotatable bonds is 9. The highest BCUT2D eigenvalue weighted by atomic mass is 16.5. The molecular formula is C45H30O6. The van der Waals surface area contributed by atoms with Gasteiger partial charge in [0.05, 0.1) is 16.7 Å². The Morgan fingerprint density at radius 1 is 0.275 bits per heavy atom. The minimum Gasteiger partial charge on any atom is -0.423 e. The topological polar surface area (TPSA) is 78.9 Å². The number of esters is 3. The van der Waals surface area contributed by atoms with Crippen molar-refractivity contribution in [1.82, 2.24) is 0 Å². The molecule has 7 aromatic carbocycles. The Balaban J connectivity index is 1.17. The van der Waals surface area contributed by atoms with Gasteiger partial charge >= 0.3 is 17.9 Å². The van der Waals surface area contributed by atoms with Gasteiger partial charge in [0.25, 0.3) is 0 Å². The highest BCUT2D eigenvalue weighted by Crippen LogP contribution is 2.35. The Morgan fingerprint density at radius 3 is 0.745 bits per heavy atom. The Bertz CT molecular complexity index is 2010. The fourth-order valence-corrected chi connectivity index (χ4v) is 5.49. The first-order chi connectivity index (χ1) is 25.0. The average Bonchev–Trinajstić information content (AvgIpc) is 3.19. The van der Waals surface area contributed by atoms with Crippen molar-refractivity contribution in [3.8, 4) is 50.6 Å². The van der Waals surface area contributed by atoms with Gasteiger partial charge in [0.2, 0.25) is 0 Å². The Labute approximate surface area is 295 Å². The van der Waals surface area contributed by atoms with E-state index in [0.717, 1.165) is 33.4 Å². The maximum atomic E-state index is 12.6. The number of hydrogen-bond donors (Lipinski definition) is 0. The molecule has 0 atom stereocenters. The lowest BCUT2D eigenvalue weighted by atomic mass is 9.93. The lowest BCUT2D eigenvalue weighted by Gasteiger charge is -2.13. The molecule has 0 unspecified atom stereocenters. The lowest BCUT2D eigenvalue weighted by Crippen LogP contribution is -2.08. The minimum absolute atomic E-state index is 0.427. The third-order valence-corrected chi connectivity index (χ3v) is 8.16. The predicted octanol–water partition coefficient (Wildman–Crippen LogP) is 10.3. The summed E-state index contributed by atoms with van der Waals surface area (Å²) in [5, 5.41) is 0. The van der Waals surface area contributed by atoms with Gasteiger partial charge in [0.15, 0.2) is 0 Å². The normalized spacial score (nSPS) is 10.6. The van der Waals surface area contributed by atoms with E-state index in [4.69, 9.17) is 14.2 Å². The van der Waals surface area contributed by atoms with Crippen molar-refractivity contribution in [2.45, 2.75) is 0 Å². The van der Waals surface area contributed by atoms with Crippen LogP contribution in [0.5, 0.6) is 17.2 Å². The van der Waals surface area contributed by atoms with E-state index in [1.54, 1.807) is 109 Å². The molecule has 7 rings (SSSR count). The molecule has 51 heavy (non-hydrogen) atoms. The summed E-state index contributed by atoms with van der Waals surface area (Å²) in [5.41, 5.74) is 6.97. The third-order valence-electron chi connectivity index (χ3n) is 8.16. The quantitative estimate of drug-likeness (QED) is 0.113. The van der Waals surface area contributed by atoms with Gasteiger partial charge in [0, 0.05) is 0 Å². The van der Waals surface area contributed by atoms with Crippen molar-refractivity contribution in [2.75, 3.05) is 0 Å². The van der Waals surface area contributed by atoms with E-state index in [2.05, 4.69) is 18.2 Å². The maximum absolute atomic E-state index is 12.6. The first kappa shape index (κ1) is 32.5. The van der Waals surface area contributed by atoms with Crippen LogP contribution >= 0.6 is 0 Å². The Morgan fingerprint density at radius 2 is 0.510 bits per heavy atom. The minimum atomic E-state index is -0.427. The van der Waals surface area contributed by atoms with Crippen LogP contribution < -0.4 is 14.2 Å². The molecule has 0 aliphatic heterocycles. The number of benzene rings is 7. The highest BCUT2D eigenvalue weighted by molar-refractivity contribution is 5.92. The second-order valence-corrected chi connectivity index (χ2v) is 11.6. The van der Waals surface area contributed by atoms with Gasteiger partial charge in [-0.1, -0.05) is 91.0 Å². The molecule has 0 heterocycles. The van der Waals surface area contributed by atoms with Crippen LogP contribution in [0.4, 0.5) is 0 Å². The molecule has 0 saturated heterocycles. The van der Waals surface area contributed by atoms with E-state index in [-0.39, 0.29) is 0 Å². The van der Waals surface area contributed by atoms with Crippen molar-refractivity contribution < 1.29 is 28.6 Å². The molecule has 246 valence electrons. The van der Waals surface area contributed by atoms with Crippen LogP contribution in [-0.4, -0.2) is 17.9 Å². The van der Waals surface area contributed by atoms with Crippen LogP contribution in [0, 0.1) is 0 Å². The summed E-state index contributed by atoms with van der Waals surface area (Å²) >= 11 is 0. The van der Waals surface area contributed by atoms with E-state index >= 15 is 0 Å². The highest BCUT2D eigenvalue weighted by Gasteiger charge is 2.13. The summed E-state index contributed by atoms with van der Waals surface area (Å²) in [5.74, 6) is 0.0241. The van der Waals surface area contributed by atoms with Crippen LogP contribution in [-0.2, 0) is 0 Å². The Kier molecular flexibility index (Phi) is 9.57. The molecule has 0 amide bonds. The summed E-state index contributed by atoms with van der Waals surface area (Å²) in [7, 11) is 0. The molecule has 0 saturated carbocycles. The molecule has 6 nitrogen and oxygen atoms in total. The molecule has 6 heteroatoms. The molecule has 0 spiro atoms. The SMILES string of the molecule is O=C(Oc1ccc(-c2cc(-c3ccc(OC(=O)c4ccccc4)cc3)cc(-c3ccc(OC(=O)c4ccccc4)cc3)c2)cc1)c1ccccc1. The van der Waals surface area contributed by atoms with Crippen LogP contribution in [0.2, 0.25) is 0 Å². The summed E-state index contributed by atoms with van der Waals surface area (Å²) in [4.78, 5) is 37.8. The number of carbonyl (C=O) groups excluding carboxylic acids is 3. The molecule has 0 fully saturated rings. The Hall–Kier alpha value is -7.05. The molecule has 0 radical (unpaired) electrons. The van der Waals surface area contributed by atoms with Gasteiger partial charge in [0.1, 0.15) is 17.2 Å². The van der Waals surface area contributed by atoms with Crippen molar-refractivity contribution in [3.63, 3.8) is 0 Å². The number of ether oxygens (including phenoxy) is 3. The molecule has 0 aromatic heterocycles. The van der Waals surface area contributed by atoms with Crippen molar-refractivity contribution in [1.29, 1.82) is 0 Å².